The van der Waals surface area contributed by atoms with Crippen molar-refractivity contribution in [2.75, 3.05) is 13.2 Å². The van der Waals surface area contributed by atoms with Crippen molar-refractivity contribution >= 4 is 5.97 Å². The third kappa shape index (κ3) is 2.47. The standard InChI is InChI=1S/C10H12O4/c1-7-2-3-8(10(12)13)6-9(7)14-5-4-11/h2-3,6,11H,4-5H2,1H3,(H,12,13). The summed E-state index contributed by atoms with van der Waals surface area (Å²) in [6.45, 7) is 1.90. The number of aromatic carboxylic acids is 1. The molecule has 0 fully saturated rings. The molecule has 0 radical (unpaired) electrons. The van der Waals surface area contributed by atoms with Gasteiger partial charge in [0.05, 0.1) is 12.2 Å². The van der Waals surface area contributed by atoms with Crippen molar-refractivity contribution in [1.29, 1.82) is 0 Å². The summed E-state index contributed by atoms with van der Waals surface area (Å²) in [6, 6.07) is 4.65. The van der Waals surface area contributed by atoms with E-state index in [-0.39, 0.29) is 18.8 Å². The minimum absolute atomic E-state index is 0.0866. The second kappa shape index (κ2) is 4.62. The van der Waals surface area contributed by atoms with Crippen LogP contribution in [0.15, 0.2) is 18.2 Å². The normalized spacial score (nSPS) is 9.86. The Kier molecular flexibility index (Phi) is 3.48. The van der Waals surface area contributed by atoms with Crippen molar-refractivity contribution in [1.82, 2.24) is 0 Å². The van der Waals surface area contributed by atoms with Gasteiger partial charge in [0.25, 0.3) is 0 Å². The molecule has 0 atom stereocenters. The van der Waals surface area contributed by atoms with Crippen LogP contribution >= 0.6 is 0 Å². The molecule has 76 valence electrons. The van der Waals surface area contributed by atoms with Crippen LogP contribution in [0.25, 0.3) is 0 Å². The third-order valence-electron chi connectivity index (χ3n) is 1.78. The summed E-state index contributed by atoms with van der Waals surface area (Å²) >= 11 is 0. The van der Waals surface area contributed by atoms with E-state index in [2.05, 4.69) is 0 Å². The number of hydrogen-bond acceptors (Lipinski definition) is 3. The number of carbonyl (C=O) groups is 1. The zero-order valence-electron chi connectivity index (χ0n) is 7.86. The van der Waals surface area contributed by atoms with E-state index in [9.17, 15) is 4.79 Å². The average molecular weight is 196 g/mol. The van der Waals surface area contributed by atoms with E-state index in [0.717, 1.165) is 5.56 Å². The van der Waals surface area contributed by atoms with Gasteiger partial charge in [0.15, 0.2) is 0 Å². The van der Waals surface area contributed by atoms with Crippen LogP contribution in [0.1, 0.15) is 15.9 Å². The molecule has 0 amide bonds. The number of hydrogen-bond donors (Lipinski definition) is 2. The molecule has 0 spiro atoms. The Morgan fingerprint density at radius 3 is 2.79 bits per heavy atom. The van der Waals surface area contributed by atoms with E-state index in [1.54, 1.807) is 6.07 Å². The summed E-state index contributed by atoms with van der Waals surface area (Å²) in [7, 11) is 0. The molecule has 1 aromatic carbocycles. The fourth-order valence-electron chi connectivity index (χ4n) is 1.04. The van der Waals surface area contributed by atoms with Crippen LogP contribution in [-0.2, 0) is 0 Å². The topological polar surface area (TPSA) is 66.8 Å². The number of rotatable bonds is 4. The zero-order chi connectivity index (χ0) is 10.6. The third-order valence-corrected chi connectivity index (χ3v) is 1.78. The summed E-state index contributed by atoms with van der Waals surface area (Å²) in [6.07, 6.45) is 0. The van der Waals surface area contributed by atoms with Crippen LogP contribution in [0.5, 0.6) is 5.75 Å². The highest BCUT2D eigenvalue weighted by Gasteiger charge is 2.06. The summed E-state index contributed by atoms with van der Waals surface area (Å²) in [5, 5.41) is 17.3. The van der Waals surface area contributed by atoms with Gasteiger partial charge in [0.1, 0.15) is 12.4 Å². The SMILES string of the molecule is Cc1ccc(C(=O)O)cc1OCCO. The van der Waals surface area contributed by atoms with E-state index < -0.39 is 5.97 Å². The number of carboxylic acids is 1. The van der Waals surface area contributed by atoms with Gasteiger partial charge in [-0.1, -0.05) is 6.07 Å². The largest absolute Gasteiger partial charge is 0.491 e. The van der Waals surface area contributed by atoms with Crippen molar-refractivity contribution in [3.05, 3.63) is 29.3 Å². The number of aliphatic hydroxyl groups is 1. The monoisotopic (exact) mass is 196 g/mol. The first-order chi connectivity index (χ1) is 6.65. The summed E-state index contributed by atoms with van der Waals surface area (Å²) in [4.78, 5) is 10.6. The predicted octanol–water partition coefficient (Wildman–Crippen LogP) is 1.06. The fraction of sp³-hybridized carbons (Fsp3) is 0.300. The van der Waals surface area contributed by atoms with Crippen LogP contribution < -0.4 is 4.74 Å². The molecule has 14 heavy (non-hydrogen) atoms. The molecule has 0 aliphatic carbocycles. The second-order valence-electron chi connectivity index (χ2n) is 2.86. The Morgan fingerprint density at radius 2 is 2.21 bits per heavy atom. The van der Waals surface area contributed by atoms with Crippen LogP contribution in [0.4, 0.5) is 0 Å². The van der Waals surface area contributed by atoms with E-state index in [0.29, 0.717) is 5.75 Å². The van der Waals surface area contributed by atoms with Gasteiger partial charge in [0.2, 0.25) is 0 Å². The Labute approximate surface area is 81.8 Å². The first-order valence-electron chi connectivity index (χ1n) is 4.22. The Balaban J connectivity index is 2.90. The molecule has 1 aromatic rings. The van der Waals surface area contributed by atoms with Crippen molar-refractivity contribution < 1.29 is 19.7 Å². The van der Waals surface area contributed by atoms with Gasteiger partial charge in [-0.3, -0.25) is 0 Å². The number of aryl methyl sites for hydroxylation is 1. The molecule has 0 unspecified atom stereocenters. The molecular formula is C10H12O4. The average Bonchev–Trinajstić information content (AvgIpc) is 2.16. The minimum atomic E-state index is -0.987. The molecule has 4 nitrogen and oxygen atoms in total. The molecule has 1 rings (SSSR count). The minimum Gasteiger partial charge on any atom is -0.491 e. The van der Waals surface area contributed by atoms with Crippen LogP contribution in [-0.4, -0.2) is 29.4 Å². The predicted molar refractivity (Wildman–Crippen MR) is 50.7 cm³/mol. The molecule has 4 heteroatoms. The summed E-state index contributed by atoms with van der Waals surface area (Å²) < 4.78 is 5.16. The van der Waals surface area contributed by atoms with Gasteiger partial charge in [0, 0.05) is 0 Å². The maximum Gasteiger partial charge on any atom is 0.335 e. The van der Waals surface area contributed by atoms with E-state index >= 15 is 0 Å². The Hall–Kier alpha value is -1.55. The first-order valence-corrected chi connectivity index (χ1v) is 4.22. The van der Waals surface area contributed by atoms with Gasteiger partial charge in [-0.2, -0.15) is 0 Å². The number of benzene rings is 1. The molecule has 0 saturated heterocycles. The first kappa shape index (κ1) is 10.5. The number of aliphatic hydroxyl groups excluding tert-OH is 1. The second-order valence-corrected chi connectivity index (χ2v) is 2.86. The molecule has 0 saturated carbocycles. The highest BCUT2D eigenvalue weighted by Crippen LogP contribution is 2.19. The molecule has 0 aromatic heterocycles. The van der Waals surface area contributed by atoms with Crippen molar-refractivity contribution in [3.63, 3.8) is 0 Å². The van der Waals surface area contributed by atoms with Gasteiger partial charge in [-0.25, -0.2) is 4.79 Å². The van der Waals surface area contributed by atoms with Gasteiger partial charge in [-0.05, 0) is 24.6 Å². The van der Waals surface area contributed by atoms with Crippen molar-refractivity contribution in [2.45, 2.75) is 6.92 Å². The molecule has 0 aliphatic heterocycles. The number of carboxylic acid groups (broad SMARTS) is 1. The molecule has 0 bridgehead atoms. The Bertz CT molecular complexity index is 333. The molecule has 0 aliphatic rings. The lowest BCUT2D eigenvalue weighted by Crippen LogP contribution is -2.04. The van der Waals surface area contributed by atoms with Gasteiger partial charge >= 0.3 is 5.97 Å². The van der Waals surface area contributed by atoms with Gasteiger partial charge < -0.3 is 14.9 Å². The van der Waals surface area contributed by atoms with Crippen LogP contribution in [0.3, 0.4) is 0 Å². The van der Waals surface area contributed by atoms with E-state index in [1.807, 2.05) is 6.92 Å². The lowest BCUT2D eigenvalue weighted by molar-refractivity contribution is 0.0696. The summed E-state index contributed by atoms with van der Waals surface area (Å²) in [5.74, 6) is -0.488. The highest BCUT2D eigenvalue weighted by atomic mass is 16.5. The summed E-state index contributed by atoms with van der Waals surface area (Å²) in [5.41, 5.74) is 1.03. The van der Waals surface area contributed by atoms with Crippen molar-refractivity contribution in [2.24, 2.45) is 0 Å². The van der Waals surface area contributed by atoms with E-state index in [4.69, 9.17) is 14.9 Å². The van der Waals surface area contributed by atoms with E-state index in [1.165, 1.54) is 12.1 Å². The molecule has 0 heterocycles. The highest BCUT2D eigenvalue weighted by molar-refractivity contribution is 5.88. The quantitative estimate of drug-likeness (QED) is 0.755. The fourth-order valence-corrected chi connectivity index (χ4v) is 1.04. The Morgan fingerprint density at radius 1 is 1.50 bits per heavy atom. The zero-order valence-corrected chi connectivity index (χ0v) is 7.86. The maximum absolute atomic E-state index is 10.6. The van der Waals surface area contributed by atoms with Crippen LogP contribution in [0.2, 0.25) is 0 Å². The van der Waals surface area contributed by atoms with Crippen LogP contribution in [0, 0.1) is 6.92 Å². The van der Waals surface area contributed by atoms with Gasteiger partial charge in [-0.15, -0.1) is 0 Å². The smallest absolute Gasteiger partial charge is 0.335 e. The molecular weight excluding hydrogens is 184 g/mol. The lowest BCUT2D eigenvalue weighted by Gasteiger charge is -2.08. The van der Waals surface area contributed by atoms with Crippen molar-refractivity contribution in [3.8, 4) is 5.75 Å². The number of ether oxygens (including phenoxy) is 1. The lowest BCUT2D eigenvalue weighted by atomic mass is 10.1. The maximum atomic E-state index is 10.6. The molecule has 2 N–H and O–H groups in total.